The molecule has 0 aliphatic carbocycles. The summed E-state index contributed by atoms with van der Waals surface area (Å²) in [5.74, 6) is -0.469. The number of fused-ring (bicyclic) bond motifs is 1. The zero-order chi connectivity index (χ0) is 21.8. The van der Waals surface area contributed by atoms with Crippen LogP contribution in [0, 0.1) is 5.41 Å². The topological polar surface area (TPSA) is 224 Å². The van der Waals surface area contributed by atoms with Crippen LogP contribution >= 0.6 is 0 Å². The molecule has 0 aromatic carbocycles. The molecule has 14 heteroatoms. The lowest BCUT2D eigenvalue weighted by Crippen LogP contribution is -2.69. The van der Waals surface area contributed by atoms with E-state index < -0.39 is 79.6 Å². The number of amidine groups is 2. The molecule has 0 spiro atoms. The van der Waals surface area contributed by atoms with Crippen LogP contribution in [0.4, 0.5) is 0 Å². The molecule has 0 radical (unpaired) electrons. The van der Waals surface area contributed by atoms with Crippen LogP contribution in [0.5, 0.6) is 0 Å². The van der Waals surface area contributed by atoms with Crippen LogP contribution in [0.15, 0.2) is 15.0 Å². The molecular formula is C16H23N5O9. The molecule has 0 aromatic rings. The van der Waals surface area contributed by atoms with Crippen molar-refractivity contribution in [3.8, 4) is 0 Å². The Kier molecular flexibility index (Phi) is 5.46. The molecular weight excluding hydrogens is 406 g/mol. The van der Waals surface area contributed by atoms with E-state index in [1.54, 1.807) is 0 Å². The van der Waals surface area contributed by atoms with Gasteiger partial charge in [0.25, 0.3) is 0 Å². The van der Waals surface area contributed by atoms with E-state index in [0.717, 1.165) is 12.7 Å². The molecule has 30 heavy (non-hydrogen) atoms. The number of hydrogen-bond acceptors (Lipinski definition) is 13. The van der Waals surface area contributed by atoms with Crippen molar-refractivity contribution in [3.63, 3.8) is 0 Å². The molecule has 4 aliphatic rings. The molecule has 8 N–H and O–H groups in total. The predicted molar refractivity (Wildman–Crippen MR) is 98.2 cm³/mol. The van der Waals surface area contributed by atoms with E-state index in [4.69, 9.17) is 14.9 Å². The minimum Gasteiger partial charge on any atom is -0.394 e. The van der Waals surface area contributed by atoms with Gasteiger partial charge in [-0.2, -0.15) is 0 Å². The van der Waals surface area contributed by atoms with Crippen molar-refractivity contribution in [2.45, 2.75) is 60.6 Å². The third-order valence-corrected chi connectivity index (χ3v) is 5.79. The van der Waals surface area contributed by atoms with Crippen molar-refractivity contribution in [2.24, 2.45) is 15.0 Å². The third kappa shape index (κ3) is 2.84. The van der Waals surface area contributed by atoms with Gasteiger partial charge in [-0.15, -0.1) is 0 Å². The highest BCUT2D eigenvalue weighted by atomic mass is 16.6. The zero-order valence-corrected chi connectivity index (χ0v) is 15.5. The molecule has 4 rings (SSSR count). The smallest absolute Gasteiger partial charge is 0.207 e. The van der Waals surface area contributed by atoms with E-state index in [0.29, 0.717) is 0 Å². The van der Waals surface area contributed by atoms with Crippen molar-refractivity contribution in [2.75, 3.05) is 13.2 Å². The normalized spacial score (nSPS) is 48.2. The molecule has 0 aromatic heterocycles. The van der Waals surface area contributed by atoms with Crippen LogP contribution in [0.25, 0.3) is 0 Å². The van der Waals surface area contributed by atoms with Gasteiger partial charge in [-0.05, 0) is 0 Å². The third-order valence-electron chi connectivity index (χ3n) is 5.79. The summed E-state index contributed by atoms with van der Waals surface area (Å²) in [7, 11) is 0. The standard InChI is InChI=1S/C16H23N5O9/c17-14-16(12-10(27)9(26)7(24)5(1-22)29-12)15(19-3-18-14)21(4-20-16)13-11(28)8(25)6(2-23)30-13/h3-13,17,22-28H,1-2H2/t5-,6-,7-,8-,9+,10-,11-,12+,13-,16?/m1/s1. The number of aliphatic hydroxyl groups excluding tert-OH is 7. The fraction of sp³-hybridized carbons (Fsp3) is 0.750. The van der Waals surface area contributed by atoms with E-state index >= 15 is 0 Å². The maximum absolute atomic E-state index is 10.6. The number of aliphatic imine (C=N–C) groups is 3. The second-order valence-electron chi connectivity index (χ2n) is 7.44. The Morgan fingerprint density at radius 1 is 0.933 bits per heavy atom. The van der Waals surface area contributed by atoms with Crippen molar-refractivity contribution >= 4 is 24.3 Å². The summed E-state index contributed by atoms with van der Waals surface area (Å²) in [4.78, 5) is 13.4. The summed E-state index contributed by atoms with van der Waals surface area (Å²) in [6, 6.07) is 0. The molecule has 0 saturated carbocycles. The minimum absolute atomic E-state index is 0.0540. The van der Waals surface area contributed by atoms with Gasteiger partial charge in [0.15, 0.2) is 17.9 Å². The summed E-state index contributed by atoms with van der Waals surface area (Å²) in [6.07, 6.45) is -10.7. The van der Waals surface area contributed by atoms with Crippen LogP contribution in [0.3, 0.4) is 0 Å². The first-order chi connectivity index (χ1) is 14.3. The zero-order valence-electron chi connectivity index (χ0n) is 15.5. The molecule has 1 unspecified atom stereocenters. The summed E-state index contributed by atoms with van der Waals surface area (Å²) in [5, 5.41) is 78.4. The van der Waals surface area contributed by atoms with Crippen LogP contribution in [0.1, 0.15) is 0 Å². The van der Waals surface area contributed by atoms with Crippen LogP contribution in [-0.4, -0.2) is 139 Å². The quantitative estimate of drug-likeness (QED) is 0.212. The van der Waals surface area contributed by atoms with E-state index in [2.05, 4.69) is 15.0 Å². The Morgan fingerprint density at radius 3 is 2.20 bits per heavy atom. The molecule has 0 bridgehead atoms. The maximum Gasteiger partial charge on any atom is 0.207 e. The first kappa shape index (κ1) is 21.4. The molecule has 2 fully saturated rings. The number of nitrogens with one attached hydrogen (secondary N) is 1. The second-order valence-corrected chi connectivity index (χ2v) is 7.44. The number of hydrogen-bond donors (Lipinski definition) is 8. The molecule has 14 nitrogen and oxygen atoms in total. The van der Waals surface area contributed by atoms with Gasteiger partial charge in [-0.3, -0.25) is 10.3 Å². The SMILES string of the molecule is N=C1N=CN=C2N([C@@H]3O[C@H](CO)[C@@H](O)[C@H]3O)C=NC12[C@H]1O[C@H](CO)[C@@H](O)[C@H](O)[C@H]1O. The summed E-state index contributed by atoms with van der Waals surface area (Å²) >= 11 is 0. The van der Waals surface area contributed by atoms with Crippen molar-refractivity contribution < 1.29 is 45.2 Å². The summed E-state index contributed by atoms with van der Waals surface area (Å²) in [6.45, 7) is -1.23. The van der Waals surface area contributed by atoms with Crippen LogP contribution in [0.2, 0.25) is 0 Å². The Labute approximate surface area is 169 Å². The van der Waals surface area contributed by atoms with Crippen LogP contribution < -0.4 is 0 Å². The van der Waals surface area contributed by atoms with Gasteiger partial charge in [0.2, 0.25) is 5.54 Å². The maximum atomic E-state index is 10.6. The Morgan fingerprint density at radius 2 is 1.57 bits per heavy atom. The van der Waals surface area contributed by atoms with Gasteiger partial charge >= 0.3 is 0 Å². The average Bonchev–Trinajstić information content (AvgIpc) is 3.26. The Hall–Kier alpha value is -1.88. The summed E-state index contributed by atoms with van der Waals surface area (Å²) < 4.78 is 11.1. The van der Waals surface area contributed by atoms with E-state index in [9.17, 15) is 35.7 Å². The minimum atomic E-state index is -1.88. The lowest BCUT2D eigenvalue weighted by atomic mass is 9.80. The Bertz CT molecular complexity index is 791. The van der Waals surface area contributed by atoms with Crippen molar-refractivity contribution in [1.29, 1.82) is 5.41 Å². The van der Waals surface area contributed by atoms with Gasteiger partial charge in [-0.1, -0.05) is 0 Å². The largest absolute Gasteiger partial charge is 0.394 e. The van der Waals surface area contributed by atoms with E-state index in [-0.39, 0.29) is 5.84 Å². The van der Waals surface area contributed by atoms with E-state index in [1.807, 2.05) is 0 Å². The molecule has 4 heterocycles. The molecule has 0 amide bonds. The molecule has 2 saturated heterocycles. The molecule has 10 atom stereocenters. The predicted octanol–water partition coefficient (Wildman–Crippen LogP) is -5.23. The average molecular weight is 429 g/mol. The van der Waals surface area contributed by atoms with Gasteiger partial charge in [0, 0.05) is 0 Å². The van der Waals surface area contributed by atoms with Gasteiger partial charge in [-0.25, -0.2) is 15.0 Å². The first-order valence-electron chi connectivity index (χ1n) is 9.24. The number of rotatable bonds is 4. The van der Waals surface area contributed by atoms with Gasteiger partial charge in [0.1, 0.15) is 55.2 Å². The highest BCUT2D eigenvalue weighted by Crippen LogP contribution is 2.39. The fourth-order valence-electron chi connectivity index (χ4n) is 4.11. The first-order valence-corrected chi connectivity index (χ1v) is 9.24. The van der Waals surface area contributed by atoms with Crippen molar-refractivity contribution in [3.05, 3.63) is 0 Å². The van der Waals surface area contributed by atoms with E-state index in [1.165, 1.54) is 4.90 Å². The van der Waals surface area contributed by atoms with Crippen LogP contribution in [-0.2, 0) is 9.47 Å². The number of ether oxygens (including phenoxy) is 2. The summed E-state index contributed by atoms with van der Waals surface area (Å²) in [5.41, 5.74) is -1.88. The second kappa shape index (κ2) is 7.67. The number of nitrogens with zero attached hydrogens (tertiary/aromatic N) is 4. The number of aliphatic hydroxyl groups is 7. The Balaban J connectivity index is 1.71. The molecule has 4 aliphatic heterocycles. The van der Waals surface area contributed by atoms with Gasteiger partial charge < -0.3 is 45.2 Å². The lowest BCUT2D eigenvalue weighted by Gasteiger charge is -2.46. The monoisotopic (exact) mass is 429 g/mol. The fourth-order valence-corrected chi connectivity index (χ4v) is 4.11. The highest BCUT2D eigenvalue weighted by molar-refractivity contribution is 6.25. The van der Waals surface area contributed by atoms with Crippen molar-refractivity contribution in [1.82, 2.24) is 4.90 Å². The van der Waals surface area contributed by atoms with Gasteiger partial charge in [0.05, 0.1) is 19.6 Å². The lowest BCUT2D eigenvalue weighted by molar-refractivity contribution is -0.233. The molecule has 166 valence electrons. The highest BCUT2D eigenvalue weighted by Gasteiger charge is 2.63.